The fourth-order valence-electron chi connectivity index (χ4n) is 2.20. The molecule has 0 atom stereocenters. The largest absolute Gasteiger partial charge is 0.329 e. The highest BCUT2D eigenvalue weighted by molar-refractivity contribution is 6.31. The second-order valence-corrected chi connectivity index (χ2v) is 4.93. The summed E-state index contributed by atoms with van der Waals surface area (Å²) in [5, 5.41) is 5.31. The Labute approximate surface area is 113 Å². The summed E-state index contributed by atoms with van der Waals surface area (Å²) in [6, 6.07) is 6.13. The highest BCUT2D eigenvalue weighted by Gasteiger charge is 2.13. The molecule has 1 aromatic heterocycles. The summed E-state index contributed by atoms with van der Waals surface area (Å²) >= 11 is 6.19. The van der Waals surface area contributed by atoms with E-state index in [1.165, 1.54) is 0 Å². The molecule has 0 unspecified atom stereocenters. The molecule has 1 heterocycles. The van der Waals surface area contributed by atoms with Gasteiger partial charge in [0.25, 0.3) is 0 Å². The van der Waals surface area contributed by atoms with Gasteiger partial charge in [-0.1, -0.05) is 23.7 Å². The first-order valence-corrected chi connectivity index (χ1v) is 6.43. The summed E-state index contributed by atoms with van der Waals surface area (Å²) in [5.41, 5.74) is 11.1. The monoisotopic (exact) mass is 263 g/mol. The van der Waals surface area contributed by atoms with E-state index in [0.29, 0.717) is 6.54 Å². The van der Waals surface area contributed by atoms with E-state index in [1.807, 2.05) is 30.7 Å². The van der Waals surface area contributed by atoms with Crippen LogP contribution in [0.15, 0.2) is 18.2 Å². The summed E-state index contributed by atoms with van der Waals surface area (Å²) in [5.74, 6) is 0. The van der Waals surface area contributed by atoms with Crippen molar-refractivity contribution < 1.29 is 0 Å². The normalized spacial score (nSPS) is 10.9. The molecule has 0 aliphatic rings. The minimum Gasteiger partial charge on any atom is -0.329 e. The summed E-state index contributed by atoms with van der Waals surface area (Å²) in [6.45, 7) is 7.42. The van der Waals surface area contributed by atoms with E-state index < -0.39 is 0 Å². The Kier molecular flexibility index (Phi) is 3.73. The highest BCUT2D eigenvalue weighted by atomic mass is 35.5. The van der Waals surface area contributed by atoms with Crippen molar-refractivity contribution >= 4 is 11.6 Å². The Morgan fingerprint density at radius 1 is 1.28 bits per heavy atom. The lowest BCUT2D eigenvalue weighted by Crippen LogP contribution is -2.12. The van der Waals surface area contributed by atoms with Gasteiger partial charge in [-0.15, -0.1) is 0 Å². The van der Waals surface area contributed by atoms with E-state index >= 15 is 0 Å². The van der Waals surface area contributed by atoms with Crippen LogP contribution in [0.25, 0.3) is 11.1 Å². The van der Waals surface area contributed by atoms with Gasteiger partial charge in [0, 0.05) is 22.8 Å². The summed E-state index contributed by atoms with van der Waals surface area (Å²) in [6.07, 6.45) is 0. The summed E-state index contributed by atoms with van der Waals surface area (Å²) < 4.78 is 1.96. The van der Waals surface area contributed by atoms with E-state index in [9.17, 15) is 0 Å². The lowest BCUT2D eigenvalue weighted by molar-refractivity contribution is 0.604. The van der Waals surface area contributed by atoms with Crippen molar-refractivity contribution in [2.24, 2.45) is 5.73 Å². The Bertz CT molecular complexity index is 573. The number of nitrogens with two attached hydrogens (primary N) is 1. The molecule has 0 spiro atoms. The second kappa shape index (κ2) is 5.12. The fraction of sp³-hybridized carbons (Fsp3) is 0.357. The lowest BCUT2D eigenvalue weighted by Gasteiger charge is -2.06. The first-order valence-electron chi connectivity index (χ1n) is 6.05. The van der Waals surface area contributed by atoms with Crippen LogP contribution in [0.2, 0.25) is 5.02 Å². The van der Waals surface area contributed by atoms with Crippen LogP contribution in [-0.4, -0.2) is 16.3 Å². The molecule has 1 aromatic carbocycles. The highest BCUT2D eigenvalue weighted by Crippen LogP contribution is 2.30. The van der Waals surface area contributed by atoms with Crippen LogP contribution in [0.3, 0.4) is 0 Å². The predicted octanol–water partition coefficient (Wildman–Crippen LogP) is 3.09. The first-order chi connectivity index (χ1) is 8.54. The minimum atomic E-state index is 0.593. The SMILES string of the molecule is Cc1ccc(-c2c(C)nn(CCN)c2C)cc1Cl. The van der Waals surface area contributed by atoms with Gasteiger partial charge in [0.15, 0.2) is 0 Å². The van der Waals surface area contributed by atoms with Crippen LogP contribution in [0.5, 0.6) is 0 Å². The molecule has 2 rings (SSSR count). The second-order valence-electron chi connectivity index (χ2n) is 4.52. The zero-order valence-corrected chi connectivity index (χ0v) is 11.8. The number of hydrogen-bond donors (Lipinski definition) is 1. The maximum Gasteiger partial charge on any atom is 0.0674 e. The number of rotatable bonds is 3. The van der Waals surface area contributed by atoms with Crippen LogP contribution < -0.4 is 5.73 Å². The number of aromatic nitrogens is 2. The molecule has 0 bridgehead atoms. The fourth-order valence-corrected chi connectivity index (χ4v) is 2.38. The maximum absolute atomic E-state index is 6.19. The van der Waals surface area contributed by atoms with Gasteiger partial charge in [0.2, 0.25) is 0 Å². The van der Waals surface area contributed by atoms with Crippen molar-refractivity contribution in [3.63, 3.8) is 0 Å². The van der Waals surface area contributed by atoms with Gasteiger partial charge in [0.05, 0.1) is 12.2 Å². The molecule has 96 valence electrons. The van der Waals surface area contributed by atoms with Gasteiger partial charge in [0.1, 0.15) is 0 Å². The number of hydrogen-bond acceptors (Lipinski definition) is 2. The van der Waals surface area contributed by atoms with Crippen LogP contribution in [0.1, 0.15) is 17.0 Å². The predicted molar refractivity (Wildman–Crippen MR) is 75.9 cm³/mol. The Morgan fingerprint density at radius 3 is 2.61 bits per heavy atom. The molecule has 3 nitrogen and oxygen atoms in total. The molecular formula is C14H18ClN3. The Balaban J connectivity index is 2.53. The van der Waals surface area contributed by atoms with Crippen molar-refractivity contribution in [2.75, 3.05) is 6.54 Å². The van der Waals surface area contributed by atoms with Crippen molar-refractivity contribution in [2.45, 2.75) is 27.3 Å². The molecule has 0 amide bonds. The van der Waals surface area contributed by atoms with E-state index in [-0.39, 0.29) is 0 Å². The molecule has 18 heavy (non-hydrogen) atoms. The maximum atomic E-state index is 6.19. The molecule has 0 saturated heterocycles. The lowest BCUT2D eigenvalue weighted by atomic mass is 10.0. The molecule has 2 N–H and O–H groups in total. The standard InChI is InChI=1S/C14H18ClN3/c1-9-4-5-12(8-13(9)15)14-10(2)17-18(7-6-16)11(14)3/h4-5,8H,6-7,16H2,1-3H3. The topological polar surface area (TPSA) is 43.8 Å². The molecule has 4 heteroatoms. The third-order valence-electron chi connectivity index (χ3n) is 3.18. The average Bonchev–Trinajstić information content (AvgIpc) is 2.59. The Hall–Kier alpha value is -1.32. The zero-order valence-electron chi connectivity index (χ0n) is 11.0. The number of nitrogens with zero attached hydrogens (tertiary/aromatic N) is 2. The van der Waals surface area contributed by atoms with Gasteiger partial charge in [-0.25, -0.2) is 0 Å². The molecular weight excluding hydrogens is 246 g/mol. The minimum absolute atomic E-state index is 0.593. The van der Waals surface area contributed by atoms with E-state index in [2.05, 4.69) is 18.1 Å². The average molecular weight is 264 g/mol. The first kappa shape index (κ1) is 13.1. The summed E-state index contributed by atoms with van der Waals surface area (Å²) in [4.78, 5) is 0. The van der Waals surface area contributed by atoms with Crippen LogP contribution in [-0.2, 0) is 6.54 Å². The molecule has 0 aliphatic carbocycles. The molecule has 2 aromatic rings. The van der Waals surface area contributed by atoms with Crippen molar-refractivity contribution in [1.82, 2.24) is 9.78 Å². The molecule has 0 saturated carbocycles. The van der Waals surface area contributed by atoms with Crippen LogP contribution in [0, 0.1) is 20.8 Å². The number of halogens is 1. The van der Waals surface area contributed by atoms with Gasteiger partial charge >= 0.3 is 0 Å². The van der Waals surface area contributed by atoms with Crippen molar-refractivity contribution in [3.8, 4) is 11.1 Å². The third kappa shape index (κ3) is 2.28. The van der Waals surface area contributed by atoms with E-state index in [1.54, 1.807) is 0 Å². The molecule has 0 radical (unpaired) electrons. The number of aryl methyl sites for hydroxylation is 2. The molecule has 0 fully saturated rings. The van der Waals surface area contributed by atoms with Crippen LogP contribution in [0.4, 0.5) is 0 Å². The summed E-state index contributed by atoms with van der Waals surface area (Å²) in [7, 11) is 0. The molecule has 0 aliphatic heterocycles. The smallest absolute Gasteiger partial charge is 0.0674 e. The Morgan fingerprint density at radius 2 is 2.00 bits per heavy atom. The van der Waals surface area contributed by atoms with E-state index in [0.717, 1.165) is 39.6 Å². The van der Waals surface area contributed by atoms with Gasteiger partial charge in [-0.05, 0) is 38.0 Å². The quantitative estimate of drug-likeness (QED) is 0.925. The van der Waals surface area contributed by atoms with Gasteiger partial charge < -0.3 is 5.73 Å². The van der Waals surface area contributed by atoms with Gasteiger partial charge in [-0.3, -0.25) is 4.68 Å². The van der Waals surface area contributed by atoms with Crippen LogP contribution >= 0.6 is 11.6 Å². The number of benzene rings is 1. The van der Waals surface area contributed by atoms with Gasteiger partial charge in [-0.2, -0.15) is 5.10 Å². The van der Waals surface area contributed by atoms with E-state index in [4.69, 9.17) is 17.3 Å². The van der Waals surface area contributed by atoms with Crippen molar-refractivity contribution in [3.05, 3.63) is 40.2 Å². The zero-order chi connectivity index (χ0) is 13.3. The van der Waals surface area contributed by atoms with Crippen molar-refractivity contribution in [1.29, 1.82) is 0 Å². The third-order valence-corrected chi connectivity index (χ3v) is 3.59.